The van der Waals surface area contributed by atoms with Crippen molar-refractivity contribution in [2.24, 2.45) is 11.3 Å². The zero-order valence-corrected chi connectivity index (χ0v) is 18.5. The molecule has 156 valence electrons. The van der Waals surface area contributed by atoms with E-state index >= 15 is 0 Å². The molecule has 29 heavy (non-hydrogen) atoms. The van der Waals surface area contributed by atoms with E-state index in [9.17, 15) is 5.11 Å². The molecule has 0 spiro atoms. The normalized spacial score (nSPS) is 24.8. The Hall–Kier alpha value is -1.53. The van der Waals surface area contributed by atoms with E-state index in [2.05, 4.69) is 65.4 Å². The maximum Gasteiger partial charge on any atom is 0.123 e. The quantitative estimate of drug-likeness (QED) is 0.703. The molecule has 0 aromatic heterocycles. The summed E-state index contributed by atoms with van der Waals surface area (Å²) in [6, 6.07) is 15.3. The summed E-state index contributed by atoms with van der Waals surface area (Å²) in [6.45, 7) is 8.24. The summed E-state index contributed by atoms with van der Waals surface area (Å²) in [5.74, 6) is 1.49. The first-order chi connectivity index (χ1) is 14.0. The van der Waals surface area contributed by atoms with Gasteiger partial charge < -0.3 is 9.84 Å². The largest absolute Gasteiger partial charge is 0.496 e. The first-order valence-electron chi connectivity index (χ1n) is 10.4. The summed E-state index contributed by atoms with van der Waals surface area (Å²) >= 11 is 1.79. The summed E-state index contributed by atoms with van der Waals surface area (Å²) < 4.78 is 5.60. The zero-order chi connectivity index (χ0) is 20.4. The first kappa shape index (κ1) is 20.7. The van der Waals surface area contributed by atoms with Crippen molar-refractivity contribution in [3.8, 4) is 5.75 Å². The SMILES string of the molecule is COc1cc(C)ccc1CN1CC2CN(Cc3cccc(SC)c3)CC2(CO)C1. The van der Waals surface area contributed by atoms with E-state index in [-0.39, 0.29) is 12.0 Å². The van der Waals surface area contributed by atoms with Gasteiger partial charge in [0.25, 0.3) is 0 Å². The van der Waals surface area contributed by atoms with Crippen LogP contribution in [0.25, 0.3) is 0 Å². The molecule has 0 bridgehead atoms. The number of fused-ring (bicyclic) bond motifs is 1. The molecule has 0 saturated carbocycles. The second-order valence-electron chi connectivity index (χ2n) is 8.72. The molecule has 1 N–H and O–H groups in total. The summed E-state index contributed by atoms with van der Waals surface area (Å²) in [5, 5.41) is 10.3. The van der Waals surface area contributed by atoms with Gasteiger partial charge in [0.2, 0.25) is 0 Å². The molecule has 2 aromatic rings. The van der Waals surface area contributed by atoms with E-state index in [1.165, 1.54) is 21.6 Å². The van der Waals surface area contributed by atoms with E-state index in [4.69, 9.17) is 4.74 Å². The summed E-state index contributed by atoms with van der Waals surface area (Å²) in [5.41, 5.74) is 3.81. The zero-order valence-electron chi connectivity index (χ0n) is 17.7. The lowest BCUT2D eigenvalue weighted by atomic mass is 9.82. The summed E-state index contributed by atoms with van der Waals surface area (Å²) in [7, 11) is 1.75. The Kier molecular flexibility index (Phi) is 6.21. The molecule has 2 aliphatic rings. The van der Waals surface area contributed by atoms with Crippen LogP contribution in [0, 0.1) is 18.3 Å². The van der Waals surface area contributed by atoms with Gasteiger partial charge in [-0.1, -0.05) is 24.3 Å². The van der Waals surface area contributed by atoms with Gasteiger partial charge in [-0.05, 0) is 48.4 Å². The van der Waals surface area contributed by atoms with Crippen LogP contribution in [0.3, 0.4) is 0 Å². The first-order valence-corrected chi connectivity index (χ1v) is 11.6. The van der Waals surface area contributed by atoms with Crippen LogP contribution < -0.4 is 4.74 Å². The average molecular weight is 413 g/mol. The Labute approximate surface area is 178 Å². The fraction of sp³-hybridized carbons (Fsp3) is 0.500. The number of ether oxygens (including phenoxy) is 1. The number of aryl methyl sites for hydroxylation is 1. The molecule has 2 atom stereocenters. The minimum atomic E-state index is -0.00491. The van der Waals surface area contributed by atoms with Crippen molar-refractivity contribution in [1.29, 1.82) is 0 Å². The highest BCUT2D eigenvalue weighted by molar-refractivity contribution is 7.98. The Balaban J connectivity index is 1.42. The third-order valence-corrected chi connectivity index (χ3v) is 7.32. The van der Waals surface area contributed by atoms with Gasteiger partial charge >= 0.3 is 0 Å². The molecule has 5 heteroatoms. The van der Waals surface area contributed by atoms with Crippen LogP contribution >= 0.6 is 11.8 Å². The smallest absolute Gasteiger partial charge is 0.123 e. The minimum Gasteiger partial charge on any atom is -0.496 e. The van der Waals surface area contributed by atoms with E-state index in [1.807, 2.05) is 0 Å². The molecule has 2 aromatic carbocycles. The molecular weight excluding hydrogens is 380 g/mol. The number of methoxy groups -OCH3 is 1. The number of hydrogen-bond acceptors (Lipinski definition) is 5. The topological polar surface area (TPSA) is 35.9 Å². The number of aliphatic hydroxyl groups is 1. The molecule has 0 radical (unpaired) electrons. The van der Waals surface area contributed by atoms with Crippen LogP contribution in [0.1, 0.15) is 16.7 Å². The molecule has 2 heterocycles. The Morgan fingerprint density at radius 2 is 1.86 bits per heavy atom. The predicted octanol–water partition coefficient (Wildman–Crippen LogP) is 3.65. The van der Waals surface area contributed by atoms with Crippen LogP contribution in [0.4, 0.5) is 0 Å². The lowest BCUT2D eigenvalue weighted by molar-refractivity contribution is 0.110. The fourth-order valence-corrected chi connectivity index (χ4v) is 5.60. The Bertz CT molecular complexity index is 859. The van der Waals surface area contributed by atoms with Crippen LogP contribution in [-0.2, 0) is 13.1 Å². The van der Waals surface area contributed by atoms with Gasteiger partial charge in [-0.15, -0.1) is 11.8 Å². The molecule has 0 aliphatic carbocycles. The van der Waals surface area contributed by atoms with Gasteiger partial charge in [0.1, 0.15) is 5.75 Å². The lowest BCUT2D eigenvalue weighted by Crippen LogP contribution is -2.36. The fourth-order valence-electron chi connectivity index (χ4n) is 5.12. The third-order valence-electron chi connectivity index (χ3n) is 6.59. The lowest BCUT2D eigenvalue weighted by Gasteiger charge is -2.28. The Morgan fingerprint density at radius 1 is 1.10 bits per heavy atom. The van der Waals surface area contributed by atoms with Crippen molar-refractivity contribution in [3.05, 3.63) is 59.2 Å². The number of thioether (sulfide) groups is 1. The number of benzene rings is 2. The van der Waals surface area contributed by atoms with Crippen LogP contribution in [0.15, 0.2) is 47.4 Å². The molecule has 2 saturated heterocycles. The highest BCUT2D eigenvalue weighted by Crippen LogP contribution is 2.43. The van der Waals surface area contributed by atoms with Crippen molar-refractivity contribution in [3.63, 3.8) is 0 Å². The maximum absolute atomic E-state index is 10.3. The van der Waals surface area contributed by atoms with E-state index in [0.29, 0.717) is 5.92 Å². The van der Waals surface area contributed by atoms with Crippen LogP contribution in [-0.4, -0.2) is 61.1 Å². The Morgan fingerprint density at radius 3 is 2.52 bits per heavy atom. The number of hydrogen-bond donors (Lipinski definition) is 1. The van der Waals surface area contributed by atoms with Gasteiger partial charge in [-0.3, -0.25) is 9.80 Å². The number of likely N-dealkylation sites (tertiary alicyclic amines) is 2. The molecule has 4 rings (SSSR count). The number of aliphatic hydroxyl groups excluding tert-OH is 1. The summed E-state index contributed by atoms with van der Waals surface area (Å²) in [6.07, 6.45) is 2.12. The standard InChI is InChI=1S/C24H32N2O2S/c1-18-7-8-20(23(9-18)28-2)12-26-14-21-13-25(15-24(21,16-26)17-27)11-19-5-4-6-22(10-19)29-3/h4-10,21,27H,11-17H2,1-3H3. The predicted molar refractivity (Wildman–Crippen MR) is 120 cm³/mol. The van der Waals surface area contributed by atoms with Gasteiger partial charge in [0.05, 0.1) is 13.7 Å². The van der Waals surface area contributed by atoms with Crippen molar-refractivity contribution in [2.45, 2.75) is 24.9 Å². The van der Waals surface area contributed by atoms with Crippen LogP contribution in [0.5, 0.6) is 5.75 Å². The highest BCUT2D eigenvalue weighted by atomic mass is 32.2. The maximum atomic E-state index is 10.3. The van der Waals surface area contributed by atoms with Gasteiger partial charge in [0.15, 0.2) is 0 Å². The van der Waals surface area contributed by atoms with Crippen molar-refractivity contribution >= 4 is 11.8 Å². The van der Waals surface area contributed by atoms with Gasteiger partial charge in [0, 0.05) is 55.1 Å². The molecule has 0 amide bonds. The van der Waals surface area contributed by atoms with E-state index in [0.717, 1.165) is 45.0 Å². The second-order valence-corrected chi connectivity index (χ2v) is 9.60. The van der Waals surface area contributed by atoms with Crippen molar-refractivity contribution in [1.82, 2.24) is 9.80 Å². The molecule has 2 aliphatic heterocycles. The van der Waals surface area contributed by atoms with Gasteiger partial charge in [-0.2, -0.15) is 0 Å². The molecule has 2 fully saturated rings. The monoisotopic (exact) mass is 412 g/mol. The highest BCUT2D eigenvalue weighted by Gasteiger charge is 2.51. The minimum absolute atomic E-state index is 0.00491. The molecular formula is C24H32N2O2S. The van der Waals surface area contributed by atoms with Crippen molar-refractivity contribution < 1.29 is 9.84 Å². The van der Waals surface area contributed by atoms with Crippen LogP contribution in [0.2, 0.25) is 0 Å². The molecule has 4 nitrogen and oxygen atoms in total. The van der Waals surface area contributed by atoms with Gasteiger partial charge in [-0.25, -0.2) is 0 Å². The number of nitrogens with zero attached hydrogens (tertiary/aromatic N) is 2. The summed E-state index contributed by atoms with van der Waals surface area (Å²) in [4.78, 5) is 6.35. The van der Waals surface area contributed by atoms with E-state index < -0.39 is 0 Å². The second kappa shape index (κ2) is 8.68. The average Bonchev–Trinajstić information content (AvgIpc) is 3.22. The molecule has 2 unspecified atom stereocenters. The number of rotatable bonds is 7. The van der Waals surface area contributed by atoms with E-state index in [1.54, 1.807) is 18.9 Å². The van der Waals surface area contributed by atoms with Crippen molar-refractivity contribution in [2.75, 3.05) is 46.2 Å². The third kappa shape index (κ3) is 4.33.